The van der Waals surface area contributed by atoms with E-state index in [2.05, 4.69) is 26.0 Å². The van der Waals surface area contributed by atoms with Crippen LogP contribution < -0.4 is 0 Å². The zero-order chi connectivity index (χ0) is 20.3. The maximum absolute atomic E-state index is 11.9. The zero-order valence-electron chi connectivity index (χ0n) is 18.0. The van der Waals surface area contributed by atoms with E-state index < -0.39 is 6.16 Å². The van der Waals surface area contributed by atoms with Crippen molar-refractivity contribution in [1.29, 1.82) is 0 Å². The summed E-state index contributed by atoms with van der Waals surface area (Å²) in [6.45, 7) is 6.14. The smallest absolute Gasteiger partial charge is 0.434 e. The van der Waals surface area contributed by atoms with Crippen LogP contribution in [-0.2, 0) is 20.8 Å². The van der Waals surface area contributed by atoms with E-state index in [-0.39, 0.29) is 6.10 Å². The highest BCUT2D eigenvalue weighted by Gasteiger charge is 2.15. The summed E-state index contributed by atoms with van der Waals surface area (Å²) in [5, 5.41) is 0. The van der Waals surface area contributed by atoms with Gasteiger partial charge in [-0.3, -0.25) is 0 Å². The van der Waals surface area contributed by atoms with Crippen molar-refractivity contribution in [3.63, 3.8) is 0 Å². The van der Waals surface area contributed by atoms with Gasteiger partial charge >= 0.3 is 6.16 Å². The van der Waals surface area contributed by atoms with Gasteiger partial charge in [0.05, 0.1) is 13.2 Å². The summed E-state index contributed by atoms with van der Waals surface area (Å²) in [6, 6.07) is 10.2. The third kappa shape index (κ3) is 13.6. The Morgan fingerprint density at radius 3 is 2.21 bits per heavy atom. The number of rotatable bonds is 17. The van der Waals surface area contributed by atoms with E-state index in [1.807, 2.05) is 18.2 Å². The van der Waals surface area contributed by atoms with Crippen LogP contribution >= 0.6 is 0 Å². The van der Waals surface area contributed by atoms with Crippen molar-refractivity contribution in [1.82, 2.24) is 0 Å². The van der Waals surface area contributed by atoms with Crippen LogP contribution in [0.5, 0.6) is 0 Å². The highest BCUT2D eigenvalue weighted by molar-refractivity contribution is 5.60. The van der Waals surface area contributed by atoms with Gasteiger partial charge in [0, 0.05) is 6.61 Å². The molecule has 0 radical (unpaired) electrons. The highest BCUT2D eigenvalue weighted by atomic mass is 16.7. The van der Waals surface area contributed by atoms with Gasteiger partial charge in [0.1, 0.15) is 6.10 Å². The Hall–Kier alpha value is -1.55. The standard InChI is InChI=1S/C24H40O4/c1-3-5-7-8-12-17-23(28-24(25)27-20-6-4-2)18-13-14-19-26-21-22-15-10-9-11-16-22/h9-11,15-16,23H,3-8,12-14,17-21H2,1-2H3. The summed E-state index contributed by atoms with van der Waals surface area (Å²) >= 11 is 0. The van der Waals surface area contributed by atoms with E-state index in [1.165, 1.54) is 31.2 Å². The minimum atomic E-state index is -0.507. The molecule has 0 fully saturated rings. The predicted octanol–water partition coefficient (Wildman–Crippen LogP) is 7.06. The van der Waals surface area contributed by atoms with Crippen molar-refractivity contribution in [3.05, 3.63) is 35.9 Å². The van der Waals surface area contributed by atoms with E-state index in [4.69, 9.17) is 14.2 Å². The molecule has 0 spiro atoms. The molecule has 0 aromatic heterocycles. The van der Waals surface area contributed by atoms with Gasteiger partial charge in [-0.1, -0.05) is 76.3 Å². The molecule has 0 heterocycles. The number of unbranched alkanes of at least 4 members (excludes halogenated alkanes) is 6. The molecule has 1 aromatic carbocycles. The fourth-order valence-corrected chi connectivity index (χ4v) is 3.05. The summed E-state index contributed by atoms with van der Waals surface area (Å²) in [7, 11) is 0. The first-order valence-electron chi connectivity index (χ1n) is 11.2. The fraction of sp³-hybridized carbons (Fsp3) is 0.708. The maximum Gasteiger partial charge on any atom is 0.508 e. The first-order chi connectivity index (χ1) is 13.8. The van der Waals surface area contributed by atoms with E-state index >= 15 is 0 Å². The summed E-state index contributed by atoms with van der Waals surface area (Å²) in [5.74, 6) is 0. The van der Waals surface area contributed by atoms with E-state index in [0.717, 1.165) is 51.6 Å². The summed E-state index contributed by atoms with van der Waals surface area (Å²) in [5.41, 5.74) is 1.20. The Labute approximate surface area is 172 Å². The van der Waals surface area contributed by atoms with Crippen molar-refractivity contribution >= 4 is 6.16 Å². The number of carbonyl (C=O) groups is 1. The molecule has 4 nitrogen and oxygen atoms in total. The van der Waals surface area contributed by atoms with Gasteiger partial charge in [-0.2, -0.15) is 0 Å². The molecule has 0 bridgehead atoms. The van der Waals surface area contributed by atoms with Gasteiger partial charge in [0.15, 0.2) is 0 Å². The lowest BCUT2D eigenvalue weighted by atomic mass is 10.0. The molecule has 0 aliphatic rings. The van der Waals surface area contributed by atoms with Crippen LogP contribution in [0.4, 0.5) is 4.79 Å². The highest BCUT2D eigenvalue weighted by Crippen LogP contribution is 2.16. The normalized spacial score (nSPS) is 11.9. The minimum absolute atomic E-state index is 0.0372. The number of hydrogen-bond acceptors (Lipinski definition) is 4. The molecule has 1 unspecified atom stereocenters. The maximum atomic E-state index is 11.9. The summed E-state index contributed by atoms with van der Waals surface area (Å²) in [4.78, 5) is 11.9. The van der Waals surface area contributed by atoms with Gasteiger partial charge in [0.2, 0.25) is 0 Å². The van der Waals surface area contributed by atoms with Gasteiger partial charge in [-0.25, -0.2) is 4.79 Å². The Morgan fingerprint density at radius 2 is 1.50 bits per heavy atom. The average molecular weight is 393 g/mol. The molecule has 1 atom stereocenters. The molecule has 160 valence electrons. The Balaban J connectivity index is 2.21. The number of ether oxygens (including phenoxy) is 3. The molecule has 1 rings (SSSR count). The number of carbonyl (C=O) groups excluding carboxylic acids is 1. The van der Waals surface area contributed by atoms with E-state index in [0.29, 0.717) is 13.2 Å². The van der Waals surface area contributed by atoms with Gasteiger partial charge < -0.3 is 14.2 Å². The summed E-state index contributed by atoms with van der Waals surface area (Å²) < 4.78 is 16.5. The molecule has 0 amide bonds. The summed E-state index contributed by atoms with van der Waals surface area (Å²) in [6.07, 6.45) is 11.2. The lowest BCUT2D eigenvalue weighted by molar-refractivity contribution is 0.0148. The first-order valence-corrected chi connectivity index (χ1v) is 11.2. The quantitative estimate of drug-likeness (QED) is 0.210. The Bertz CT molecular complexity index is 475. The zero-order valence-corrected chi connectivity index (χ0v) is 18.0. The molecule has 0 saturated carbocycles. The molecule has 0 aliphatic heterocycles. The van der Waals surface area contributed by atoms with Crippen LogP contribution in [-0.4, -0.2) is 25.5 Å². The molecule has 0 saturated heterocycles. The molecule has 1 aromatic rings. The molecule has 4 heteroatoms. The third-order valence-corrected chi connectivity index (χ3v) is 4.79. The lowest BCUT2D eigenvalue weighted by Gasteiger charge is -2.18. The van der Waals surface area contributed by atoms with Crippen LogP contribution in [0, 0.1) is 0 Å². The number of hydrogen-bond donors (Lipinski definition) is 0. The van der Waals surface area contributed by atoms with Crippen LogP contribution in [0.25, 0.3) is 0 Å². The lowest BCUT2D eigenvalue weighted by Crippen LogP contribution is -2.20. The first kappa shape index (κ1) is 24.5. The topological polar surface area (TPSA) is 44.8 Å². The van der Waals surface area contributed by atoms with Crippen molar-refractivity contribution in [2.75, 3.05) is 13.2 Å². The molecule has 0 N–H and O–H groups in total. The van der Waals surface area contributed by atoms with Gasteiger partial charge in [-0.05, 0) is 44.1 Å². The van der Waals surface area contributed by atoms with Gasteiger partial charge in [0.25, 0.3) is 0 Å². The van der Waals surface area contributed by atoms with Crippen molar-refractivity contribution in [2.24, 2.45) is 0 Å². The fourth-order valence-electron chi connectivity index (χ4n) is 3.05. The van der Waals surface area contributed by atoms with Crippen molar-refractivity contribution < 1.29 is 19.0 Å². The Morgan fingerprint density at radius 1 is 0.821 bits per heavy atom. The SMILES string of the molecule is CCCCCCCC(CCCCOCc1ccccc1)OC(=O)OCCCC. The molecule has 28 heavy (non-hydrogen) atoms. The van der Waals surface area contributed by atoms with Crippen molar-refractivity contribution in [3.8, 4) is 0 Å². The van der Waals surface area contributed by atoms with Crippen LogP contribution in [0.1, 0.15) is 90.0 Å². The van der Waals surface area contributed by atoms with Crippen LogP contribution in [0.3, 0.4) is 0 Å². The third-order valence-electron chi connectivity index (χ3n) is 4.79. The monoisotopic (exact) mass is 392 g/mol. The minimum Gasteiger partial charge on any atom is -0.434 e. The molecule has 0 aliphatic carbocycles. The second-order valence-electron chi connectivity index (χ2n) is 7.43. The van der Waals surface area contributed by atoms with Gasteiger partial charge in [-0.15, -0.1) is 0 Å². The average Bonchev–Trinajstić information content (AvgIpc) is 2.71. The molecular formula is C24H40O4. The van der Waals surface area contributed by atoms with E-state index in [9.17, 15) is 4.79 Å². The second-order valence-corrected chi connectivity index (χ2v) is 7.43. The largest absolute Gasteiger partial charge is 0.508 e. The molecular weight excluding hydrogens is 352 g/mol. The van der Waals surface area contributed by atoms with Crippen LogP contribution in [0.2, 0.25) is 0 Å². The van der Waals surface area contributed by atoms with E-state index in [1.54, 1.807) is 0 Å². The predicted molar refractivity (Wildman–Crippen MR) is 114 cm³/mol. The number of benzene rings is 1. The van der Waals surface area contributed by atoms with Crippen molar-refractivity contribution in [2.45, 2.75) is 97.2 Å². The van der Waals surface area contributed by atoms with Crippen LogP contribution in [0.15, 0.2) is 30.3 Å². The second kappa shape index (κ2) is 17.5. The Kier molecular flexibility index (Phi) is 15.3.